The van der Waals surface area contributed by atoms with Crippen LogP contribution in [0.3, 0.4) is 0 Å². The van der Waals surface area contributed by atoms with E-state index >= 15 is 0 Å². The number of aryl methyl sites for hydroxylation is 2. The van der Waals surface area contributed by atoms with Crippen LogP contribution in [0, 0.1) is 13.8 Å². The maximum Gasteiger partial charge on any atom is 0.137 e. The summed E-state index contributed by atoms with van der Waals surface area (Å²) in [7, 11) is 0. The second kappa shape index (κ2) is 4.15. The zero-order chi connectivity index (χ0) is 11.8. The van der Waals surface area contributed by atoms with E-state index in [2.05, 4.69) is 41.9 Å². The molecule has 0 radical (unpaired) electrons. The average molecular weight is 229 g/mol. The lowest BCUT2D eigenvalue weighted by Crippen LogP contribution is -2.28. The third-order valence-electron chi connectivity index (χ3n) is 3.73. The number of hydrogen-bond donors (Lipinski definition) is 1. The van der Waals surface area contributed by atoms with Crippen molar-refractivity contribution in [3.63, 3.8) is 0 Å². The second-order valence-corrected chi connectivity index (χ2v) is 5.06. The Morgan fingerprint density at radius 3 is 3.00 bits per heavy atom. The summed E-state index contributed by atoms with van der Waals surface area (Å²) in [5.74, 6) is 0.587. The van der Waals surface area contributed by atoms with Gasteiger partial charge in [-0.2, -0.15) is 0 Å². The molecule has 1 aliphatic rings. The van der Waals surface area contributed by atoms with Gasteiger partial charge in [0.15, 0.2) is 0 Å². The molecule has 1 N–H and O–H groups in total. The number of imidazole rings is 1. The average Bonchev–Trinajstić information content (AvgIpc) is 2.68. The number of nitrogens with one attached hydrogen (secondary N) is 1. The van der Waals surface area contributed by atoms with Crippen LogP contribution in [0.1, 0.15) is 35.7 Å². The standard InChI is InChI=1S/C14H19N3/c1-10-5-6-13-16-14(11(2)17(13)9-10)12-4-3-7-15-8-12/h5-6,9,12,15H,3-4,7-8H2,1-2H3. The maximum atomic E-state index is 4.80. The number of aromatic nitrogens is 2. The van der Waals surface area contributed by atoms with E-state index in [-0.39, 0.29) is 0 Å². The van der Waals surface area contributed by atoms with E-state index in [0.717, 1.165) is 18.7 Å². The SMILES string of the molecule is Cc1ccc2nc(C3CCCNC3)c(C)n2c1. The fourth-order valence-electron chi connectivity index (χ4n) is 2.76. The van der Waals surface area contributed by atoms with E-state index in [1.165, 1.54) is 29.8 Å². The van der Waals surface area contributed by atoms with Gasteiger partial charge in [-0.05, 0) is 44.9 Å². The van der Waals surface area contributed by atoms with Crippen molar-refractivity contribution in [2.75, 3.05) is 13.1 Å². The predicted octanol–water partition coefficient (Wildman–Crippen LogP) is 2.42. The Hall–Kier alpha value is -1.35. The summed E-state index contributed by atoms with van der Waals surface area (Å²) in [5, 5.41) is 3.47. The molecule has 2 aromatic heterocycles. The third kappa shape index (κ3) is 1.84. The summed E-state index contributed by atoms with van der Waals surface area (Å²) in [6, 6.07) is 4.24. The molecule has 0 aliphatic carbocycles. The van der Waals surface area contributed by atoms with Crippen molar-refractivity contribution in [3.8, 4) is 0 Å². The summed E-state index contributed by atoms with van der Waals surface area (Å²) >= 11 is 0. The van der Waals surface area contributed by atoms with Crippen LogP contribution in [0.2, 0.25) is 0 Å². The van der Waals surface area contributed by atoms with E-state index in [0.29, 0.717) is 5.92 Å². The van der Waals surface area contributed by atoms with Gasteiger partial charge in [0.1, 0.15) is 5.65 Å². The van der Waals surface area contributed by atoms with Crippen molar-refractivity contribution >= 4 is 5.65 Å². The van der Waals surface area contributed by atoms with E-state index in [1.54, 1.807) is 0 Å². The molecule has 1 atom stereocenters. The van der Waals surface area contributed by atoms with Crippen LogP contribution in [0.25, 0.3) is 5.65 Å². The van der Waals surface area contributed by atoms with Gasteiger partial charge in [-0.25, -0.2) is 4.98 Å². The lowest BCUT2D eigenvalue weighted by molar-refractivity contribution is 0.454. The number of piperidine rings is 1. The zero-order valence-corrected chi connectivity index (χ0v) is 10.5. The minimum absolute atomic E-state index is 0.587. The summed E-state index contributed by atoms with van der Waals surface area (Å²) in [6.45, 7) is 6.54. The lowest BCUT2D eigenvalue weighted by atomic mass is 9.95. The van der Waals surface area contributed by atoms with Gasteiger partial charge in [0.05, 0.1) is 5.69 Å². The van der Waals surface area contributed by atoms with Gasteiger partial charge in [0.2, 0.25) is 0 Å². The van der Waals surface area contributed by atoms with Gasteiger partial charge >= 0.3 is 0 Å². The van der Waals surface area contributed by atoms with E-state index in [1.807, 2.05) is 0 Å². The molecular formula is C14H19N3. The predicted molar refractivity (Wildman–Crippen MR) is 69.5 cm³/mol. The first kappa shape index (κ1) is 10.8. The summed E-state index contributed by atoms with van der Waals surface area (Å²) in [4.78, 5) is 4.80. The molecule has 17 heavy (non-hydrogen) atoms. The molecule has 3 rings (SSSR count). The highest BCUT2D eigenvalue weighted by Crippen LogP contribution is 2.26. The molecule has 90 valence electrons. The molecule has 1 fully saturated rings. The van der Waals surface area contributed by atoms with Gasteiger partial charge in [-0.3, -0.25) is 0 Å². The Balaban J connectivity index is 2.07. The first-order valence-corrected chi connectivity index (χ1v) is 6.41. The van der Waals surface area contributed by atoms with E-state index in [4.69, 9.17) is 4.98 Å². The normalized spacial score (nSPS) is 20.9. The van der Waals surface area contributed by atoms with Gasteiger partial charge in [0, 0.05) is 24.4 Å². The van der Waals surface area contributed by atoms with Gasteiger partial charge in [0.25, 0.3) is 0 Å². The number of fused-ring (bicyclic) bond motifs is 1. The van der Waals surface area contributed by atoms with E-state index < -0.39 is 0 Å². The van der Waals surface area contributed by atoms with Crippen molar-refractivity contribution in [1.29, 1.82) is 0 Å². The van der Waals surface area contributed by atoms with Crippen molar-refractivity contribution in [1.82, 2.24) is 14.7 Å². The smallest absolute Gasteiger partial charge is 0.137 e. The Morgan fingerprint density at radius 1 is 1.35 bits per heavy atom. The molecule has 1 unspecified atom stereocenters. The van der Waals surface area contributed by atoms with Crippen molar-refractivity contribution < 1.29 is 0 Å². The summed E-state index contributed by atoms with van der Waals surface area (Å²) in [6.07, 6.45) is 4.70. The fourth-order valence-corrected chi connectivity index (χ4v) is 2.76. The number of rotatable bonds is 1. The molecule has 2 aromatic rings. The molecule has 0 bridgehead atoms. The first-order valence-electron chi connectivity index (χ1n) is 6.41. The quantitative estimate of drug-likeness (QED) is 0.813. The summed E-state index contributed by atoms with van der Waals surface area (Å²) < 4.78 is 2.22. The zero-order valence-electron chi connectivity index (χ0n) is 10.5. The lowest BCUT2D eigenvalue weighted by Gasteiger charge is -2.21. The highest BCUT2D eigenvalue weighted by molar-refractivity contribution is 5.45. The van der Waals surface area contributed by atoms with Gasteiger partial charge in [-0.1, -0.05) is 6.07 Å². The topological polar surface area (TPSA) is 29.3 Å². The molecule has 1 saturated heterocycles. The second-order valence-electron chi connectivity index (χ2n) is 5.06. The highest BCUT2D eigenvalue weighted by atomic mass is 15.0. The number of nitrogens with zero attached hydrogens (tertiary/aromatic N) is 2. The van der Waals surface area contributed by atoms with Crippen molar-refractivity contribution in [2.24, 2.45) is 0 Å². The van der Waals surface area contributed by atoms with Crippen LogP contribution >= 0.6 is 0 Å². The number of pyridine rings is 1. The minimum Gasteiger partial charge on any atom is -0.316 e. The Bertz CT molecular complexity index is 536. The maximum absolute atomic E-state index is 4.80. The van der Waals surface area contributed by atoms with Crippen LogP contribution in [-0.2, 0) is 0 Å². The van der Waals surface area contributed by atoms with Gasteiger partial charge < -0.3 is 9.72 Å². The number of hydrogen-bond acceptors (Lipinski definition) is 2. The molecule has 0 amide bonds. The molecule has 0 saturated carbocycles. The molecule has 3 heteroatoms. The third-order valence-corrected chi connectivity index (χ3v) is 3.73. The van der Waals surface area contributed by atoms with Crippen LogP contribution in [-0.4, -0.2) is 22.5 Å². The molecule has 3 nitrogen and oxygen atoms in total. The Labute approximate surface area is 102 Å². The van der Waals surface area contributed by atoms with Crippen LogP contribution in [0.4, 0.5) is 0 Å². The molecule has 3 heterocycles. The highest BCUT2D eigenvalue weighted by Gasteiger charge is 2.20. The monoisotopic (exact) mass is 229 g/mol. The largest absolute Gasteiger partial charge is 0.316 e. The van der Waals surface area contributed by atoms with Crippen molar-refractivity contribution in [3.05, 3.63) is 35.3 Å². The van der Waals surface area contributed by atoms with Crippen LogP contribution < -0.4 is 5.32 Å². The first-order chi connectivity index (χ1) is 8.25. The van der Waals surface area contributed by atoms with Crippen LogP contribution in [0.15, 0.2) is 18.3 Å². The van der Waals surface area contributed by atoms with Crippen molar-refractivity contribution in [2.45, 2.75) is 32.6 Å². The van der Waals surface area contributed by atoms with Crippen LogP contribution in [0.5, 0.6) is 0 Å². The van der Waals surface area contributed by atoms with Gasteiger partial charge in [-0.15, -0.1) is 0 Å². The fraction of sp³-hybridized carbons (Fsp3) is 0.500. The molecule has 0 spiro atoms. The van der Waals surface area contributed by atoms with E-state index in [9.17, 15) is 0 Å². The Morgan fingerprint density at radius 2 is 2.24 bits per heavy atom. The Kier molecular flexibility index (Phi) is 2.63. The minimum atomic E-state index is 0.587. The molecule has 0 aromatic carbocycles. The molecular weight excluding hydrogens is 210 g/mol. The molecule has 1 aliphatic heterocycles. The summed E-state index contributed by atoms with van der Waals surface area (Å²) in [5.41, 5.74) is 4.94.